The van der Waals surface area contributed by atoms with E-state index < -0.39 is 10.0 Å². The maximum atomic E-state index is 12.9. The zero-order valence-electron chi connectivity index (χ0n) is 17.5. The Labute approximate surface area is 184 Å². The molecule has 0 bridgehead atoms. The lowest BCUT2D eigenvalue weighted by atomic mass is 10.1. The second-order valence-electron chi connectivity index (χ2n) is 7.07. The number of nitrogens with one attached hydrogen (secondary N) is 1. The molecule has 1 aromatic carbocycles. The van der Waals surface area contributed by atoms with Crippen LogP contribution in [0, 0.1) is 0 Å². The van der Waals surface area contributed by atoms with E-state index in [9.17, 15) is 13.2 Å². The first-order chi connectivity index (χ1) is 14.8. The number of hydrogen-bond donors (Lipinski definition) is 1. The predicted molar refractivity (Wildman–Crippen MR) is 119 cm³/mol. The molecule has 0 atom stereocenters. The van der Waals surface area contributed by atoms with Crippen molar-refractivity contribution in [3.05, 3.63) is 46.6 Å². The van der Waals surface area contributed by atoms with Crippen LogP contribution >= 0.6 is 11.3 Å². The van der Waals surface area contributed by atoms with E-state index in [-0.39, 0.29) is 11.7 Å². The fourth-order valence-electron chi connectivity index (χ4n) is 3.47. The number of amides is 1. The lowest BCUT2D eigenvalue weighted by Gasteiger charge is -2.24. The highest BCUT2D eigenvalue weighted by Crippen LogP contribution is 2.31. The number of methoxy groups -OCH3 is 1. The number of carbonyl (C=O) groups excluding carboxylic acids is 1. The van der Waals surface area contributed by atoms with E-state index in [1.165, 1.54) is 20.3 Å². The summed E-state index contributed by atoms with van der Waals surface area (Å²) in [6, 6.07) is 9.18. The van der Waals surface area contributed by atoms with Crippen LogP contribution in [0.5, 0.6) is 5.75 Å². The standard InChI is InChI=1S/C20H23N5O4S2/c1-4-31(27,28)25-10-9-14-18(12-25)30-20(21-14)22-19(26)16-11-15(23-24(16)2)13-7-5-6-8-17(13)29-3/h5-8,11H,4,9-10,12H2,1-3H3,(H,21,22,26). The molecule has 1 amide bonds. The zero-order valence-corrected chi connectivity index (χ0v) is 19.1. The Balaban J connectivity index is 1.53. The number of sulfonamides is 1. The first-order valence-electron chi connectivity index (χ1n) is 9.77. The SMILES string of the molecule is CCS(=O)(=O)N1CCc2nc(NC(=O)c3cc(-c4ccccc4OC)nn3C)sc2C1. The molecule has 9 nitrogen and oxygen atoms in total. The largest absolute Gasteiger partial charge is 0.496 e. The van der Waals surface area contributed by atoms with Crippen LogP contribution < -0.4 is 10.1 Å². The number of hydrogen-bond acceptors (Lipinski definition) is 7. The summed E-state index contributed by atoms with van der Waals surface area (Å²) in [7, 11) is 0.0396. The van der Waals surface area contributed by atoms with Crippen molar-refractivity contribution >= 4 is 32.4 Å². The van der Waals surface area contributed by atoms with Crippen molar-refractivity contribution in [1.82, 2.24) is 19.1 Å². The molecule has 0 fully saturated rings. The van der Waals surface area contributed by atoms with E-state index in [4.69, 9.17) is 4.74 Å². The number of para-hydroxylation sites is 1. The molecule has 1 aliphatic heterocycles. The second kappa shape index (κ2) is 8.40. The second-order valence-corrected chi connectivity index (χ2v) is 10.4. The van der Waals surface area contributed by atoms with Gasteiger partial charge in [-0.3, -0.25) is 14.8 Å². The third-order valence-electron chi connectivity index (χ3n) is 5.17. The molecule has 1 N–H and O–H groups in total. The van der Waals surface area contributed by atoms with Crippen molar-refractivity contribution in [2.45, 2.75) is 19.9 Å². The Morgan fingerprint density at radius 3 is 2.84 bits per heavy atom. The molecule has 1 aliphatic rings. The van der Waals surface area contributed by atoms with Gasteiger partial charge in [0.25, 0.3) is 5.91 Å². The van der Waals surface area contributed by atoms with Crippen LogP contribution in [-0.2, 0) is 30.0 Å². The van der Waals surface area contributed by atoms with Crippen molar-refractivity contribution in [3.63, 3.8) is 0 Å². The topological polar surface area (TPSA) is 106 Å². The van der Waals surface area contributed by atoms with Gasteiger partial charge in [0.2, 0.25) is 10.0 Å². The Morgan fingerprint density at radius 2 is 2.10 bits per heavy atom. The van der Waals surface area contributed by atoms with Crippen molar-refractivity contribution in [2.75, 3.05) is 24.7 Å². The third-order valence-corrected chi connectivity index (χ3v) is 8.00. The van der Waals surface area contributed by atoms with Gasteiger partial charge in [-0.05, 0) is 25.1 Å². The number of carbonyl (C=O) groups is 1. The van der Waals surface area contributed by atoms with Gasteiger partial charge < -0.3 is 4.74 Å². The number of rotatable bonds is 6. The summed E-state index contributed by atoms with van der Waals surface area (Å²) in [5.41, 5.74) is 2.64. The van der Waals surface area contributed by atoms with Crippen LogP contribution in [0.15, 0.2) is 30.3 Å². The fourth-order valence-corrected chi connectivity index (χ4v) is 5.64. The quantitative estimate of drug-likeness (QED) is 0.605. The normalized spacial score (nSPS) is 14.3. The highest BCUT2D eigenvalue weighted by Gasteiger charge is 2.28. The Hall–Kier alpha value is -2.76. The molecule has 11 heteroatoms. The lowest BCUT2D eigenvalue weighted by molar-refractivity contribution is 0.101. The minimum absolute atomic E-state index is 0.0692. The van der Waals surface area contributed by atoms with Gasteiger partial charge in [-0.15, -0.1) is 11.3 Å². The molecule has 0 radical (unpaired) electrons. The molecule has 0 saturated carbocycles. The lowest BCUT2D eigenvalue weighted by Crippen LogP contribution is -2.36. The molecule has 2 aromatic heterocycles. The Kier molecular flexibility index (Phi) is 5.82. The maximum absolute atomic E-state index is 12.9. The fraction of sp³-hybridized carbons (Fsp3) is 0.350. The van der Waals surface area contributed by atoms with E-state index in [2.05, 4.69) is 15.4 Å². The summed E-state index contributed by atoms with van der Waals surface area (Å²) >= 11 is 1.30. The van der Waals surface area contributed by atoms with E-state index in [1.54, 1.807) is 27.1 Å². The van der Waals surface area contributed by atoms with Gasteiger partial charge in [0.05, 0.1) is 24.3 Å². The van der Waals surface area contributed by atoms with Gasteiger partial charge in [0.1, 0.15) is 11.4 Å². The first-order valence-corrected chi connectivity index (χ1v) is 12.2. The molecule has 3 aromatic rings. The van der Waals surface area contributed by atoms with Crippen molar-refractivity contribution in [2.24, 2.45) is 7.05 Å². The molecule has 0 saturated heterocycles. The molecule has 3 heterocycles. The number of thiazole rings is 1. The average Bonchev–Trinajstić information content (AvgIpc) is 3.35. The minimum Gasteiger partial charge on any atom is -0.496 e. The minimum atomic E-state index is -3.25. The summed E-state index contributed by atoms with van der Waals surface area (Å²) in [4.78, 5) is 18.2. The van der Waals surface area contributed by atoms with Gasteiger partial charge in [0, 0.05) is 37.0 Å². The molecular weight excluding hydrogens is 438 g/mol. The highest BCUT2D eigenvalue weighted by atomic mass is 32.2. The van der Waals surface area contributed by atoms with Crippen molar-refractivity contribution < 1.29 is 17.9 Å². The maximum Gasteiger partial charge on any atom is 0.275 e. The average molecular weight is 462 g/mol. The van der Waals surface area contributed by atoms with Gasteiger partial charge in [-0.1, -0.05) is 12.1 Å². The van der Waals surface area contributed by atoms with Crippen LogP contribution in [0.2, 0.25) is 0 Å². The monoisotopic (exact) mass is 461 g/mol. The van der Waals surface area contributed by atoms with Crippen molar-refractivity contribution in [3.8, 4) is 17.0 Å². The van der Waals surface area contributed by atoms with Crippen LogP contribution in [0.4, 0.5) is 5.13 Å². The summed E-state index contributed by atoms with van der Waals surface area (Å²) in [6.45, 7) is 2.34. The smallest absolute Gasteiger partial charge is 0.275 e. The van der Waals surface area contributed by atoms with Crippen molar-refractivity contribution in [1.29, 1.82) is 0 Å². The number of aryl methyl sites for hydroxylation is 1. The predicted octanol–water partition coefficient (Wildman–Crippen LogP) is 2.51. The molecule has 164 valence electrons. The van der Waals surface area contributed by atoms with Gasteiger partial charge in [0.15, 0.2) is 5.13 Å². The first kappa shape index (κ1) is 21.5. The number of nitrogens with zero attached hydrogens (tertiary/aromatic N) is 4. The third kappa shape index (κ3) is 4.21. The number of anilines is 1. The van der Waals surface area contributed by atoms with Gasteiger partial charge in [-0.25, -0.2) is 13.4 Å². The Morgan fingerprint density at radius 1 is 1.32 bits per heavy atom. The van der Waals surface area contributed by atoms with Crippen LogP contribution in [-0.4, -0.2) is 52.8 Å². The van der Waals surface area contributed by atoms with Crippen LogP contribution in [0.1, 0.15) is 28.0 Å². The summed E-state index contributed by atoms with van der Waals surface area (Å²) in [6.07, 6.45) is 0.532. The molecule has 0 unspecified atom stereocenters. The number of ether oxygens (including phenoxy) is 1. The highest BCUT2D eigenvalue weighted by molar-refractivity contribution is 7.89. The van der Waals surface area contributed by atoms with Gasteiger partial charge >= 0.3 is 0 Å². The zero-order chi connectivity index (χ0) is 22.2. The summed E-state index contributed by atoms with van der Waals surface area (Å²) < 4.78 is 32.7. The van der Waals surface area contributed by atoms with E-state index >= 15 is 0 Å². The van der Waals surface area contributed by atoms with E-state index in [1.807, 2.05) is 24.3 Å². The summed E-state index contributed by atoms with van der Waals surface area (Å²) in [5, 5.41) is 7.72. The van der Waals surface area contributed by atoms with E-state index in [0.717, 1.165) is 16.1 Å². The molecule has 0 aliphatic carbocycles. The van der Waals surface area contributed by atoms with Crippen LogP contribution in [0.25, 0.3) is 11.3 Å². The number of benzene rings is 1. The molecule has 4 rings (SSSR count). The Bertz CT molecular complexity index is 1230. The summed E-state index contributed by atoms with van der Waals surface area (Å²) in [5.74, 6) is 0.409. The van der Waals surface area contributed by atoms with Gasteiger partial charge in [-0.2, -0.15) is 9.40 Å². The molecular formula is C20H23N5O4S2. The molecule has 0 spiro atoms. The van der Waals surface area contributed by atoms with Crippen LogP contribution in [0.3, 0.4) is 0 Å². The molecule has 31 heavy (non-hydrogen) atoms. The van der Waals surface area contributed by atoms with E-state index in [0.29, 0.717) is 41.8 Å². The number of aromatic nitrogens is 3. The number of fused-ring (bicyclic) bond motifs is 1.